The number of non-ortho nitro benzene ring substituents is 1. The molecule has 5 nitrogen and oxygen atoms in total. The second kappa shape index (κ2) is 6.70. The lowest BCUT2D eigenvalue weighted by atomic mass is 10.1. The van der Waals surface area contributed by atoms with Crippen molar-refractivity contribution in [1.29, 1.82) is 0 Å². The van der Waals surface area contributed by atoms with E-state index in [1.54, 1.807) is 13.0 Å². The Kier molecular flexibility index (Phi) is 5.26. The number of hydrogen-bond acceptors (Lipinski definition) is 3. The fourth-order valence-electron chi connectivity index (χ4n) is 1.36. The number of carbonyl (C=O) groups excluding carboxylic acids is 1. The van der Waals surface area contributed by atoms with E-state index in [1.165, 1.54) is 24.3 Å². The molecule has 0 atom stereocenters. The number of amides is 1. The number of nitro groups is 1. The van der Waals surface area contributed by atoms with Crippen molar-refractivity contribution in [3.63, 3.8) is 0 Å². The molecule has 1 amide bonds. The molecule has 0 spiro atoms. The van der Waals surface area contributed by atoms with Gasteiger partial charge in [-0.25, -0.2) is 0 Å². The van der Waals surface area contributed by atoms with Crippen LogP contribution in [0.3, 0.4) is 0 Å². The molecule has 1 rings (SSSR count). The first-order chi connectivity index (χ1) is 8.95. The van der Waals surface area contributed by atoms with Crippen LogP contribution in [0.15, 0.2) is 36.4 Å². The van der Waals surface area contributed by atoms with Crippen LogP contribution < -0.4 is 5.32 Å². The number of rotatable bonds is 5. The molecule has 0 aliphatic carbocycles. The summed E-state index contributed by atoms with van der Waals surface area (Å²) in [6.45, 7) is 5.45. The standard InChI is InChI=1S/C13H13ClN2O3/c1-3-6-15-13(17)9(2)7-10-8-11(16(18)19)4-5-12(10)14/h3-5,7-8H,1,6H2,2H3,(H,15,17)/b9-7+. The zero-order valence-electron chi connectivity index (χ0n) is 10.4. The first kappa shape index (κ1) is 14.9. The molecule has 0 saturated heterocycles. The Morgan fingerprint density at radius 1 is 1.58 bits per heavy atom. The molecular formula is C13H13ClN2O3. The first-order valence-electron chi connectivity index (χ1n) is 5.47. The van der Waals surface area contributed by atoms with E-state index >= 15 is 0 Å². The van der Waals surface area contributed by atoms with Crippen molar-refractivity contribution in [1.82, 2.24) is 5.32 Å². The van der Waals surface area contributed by atoms with Crippen LogP contribution in [-0.4, -0.2) is 17.4 Å². The van der Waals surface area contributed by atoms with Gasteiger partial charge in [0.25, 0.3) is 5.69 Å². The van der Waals surface area contributed by atoms with E-state index in [0.717, 1.165) is 0 Å². The summed E-state index contributed by atoms with van der Waals surface area (Å²) in [5, 5.41) is 13.6. The summed E-state index contributed by atoms with van der Waals surface area (Å²) in [4.78, 5) is 21.8. The summed E-state index contributed by atoms with van der Waals surface area (Å²) in [6.07, 6.45) is 3.07. The highest BCUT2D eigenvalue weighted by Crippen LogP contribution is 2.24. The van der Waals surface area contributed by atoms with Gasteiger partial charge in [-0.05, 0) is 19.1 Å². The molecule has 0 heterocycles. The van der Waals surface area contributed by atoms with E-state index in [4.69, 9.17) is 11.6 Å². The molecule has 0 unspecified atom stereocenters. The molecule has 6 heteroatoms. The van der Waals surface area contributed by atoms with Gasteiger partial charge in [-0.1, -0.05) is 17.7 Å². The maximum absolute atomic E-state index is 11.6. The minimum atomic E-state index is -0.513. The van der Waals surface area contributed by atoms with Crippen molar-refractivity contribution < 1.29 is 9.72 Å². The van der Waals surface area contributed by atoms with Gasteiger partial charge in [0.05, 0.1) is 4.92 Å². The van der Waals surface area contributed by atoms with E-state index in [2.05, 4.69) is 11.9 Å². The zero-order chi connectivity index (χ0) is 14.4. The number of nitrogens with one attached hydrogen (secondary N) is 1. The van der Waals surface area contributed by atoms with Crippen molar-refractivity contribution in [2.45, 2.75) is 6.92 Å². The summed E-state index contributed by atoms with van der Waals surface area (Å²) in [7, 11) is 0. The number of benzene rings is 1. The van der Waals surface area contributed by atoms with Crippen molar-refractivity contribution in [2.24, 2.45) is 0 Å². The van der Waals surface area contributed by atoms with E-state index in [1.807, 2.05) is 0 Å². The van der Waals surface area contributed by atoms with Crippen molar-refractivity contribution in [2.75, 3.05) is 6.54 Å². The van der Waals surface area contributed by atoms with Crippen LogP contribution in [0.25, 0.3) is 6.08 Å². The van der Waals surface area contributed by atoms with Gasteiger partial charge in [0, 0.05) is 34.8 Å². The Hall–Kier alpha value is -2.14. The van der Waals surface area contributed by atoms with E-state index < -0.39 is 4.92 Å². The highest BCUT2D eigenvalue weighted by atomic mass is 35.5. The lowest BCUT2D eigenvalue weighted by Gasteiger charge is -2.04. The van der Waals surface area contributed by atoms with E-state index in [0.29, 0.717) is 22.7 Å². The third-order valence-corrected chi connectivity index (χ3v) is 2.67. The molecule has 1 aromatic rings. The van der Waals surface area contributed by atoms with Crippen molar-refractivity contribution >= 4 is 29.3 Å². The van der Waals surface area contributed by atoms with Gasteiger partial charge in [0.15, 0.2) is 0 Å². The number of nitro benzene ring substituents is 1. The molecular weight excluding hydrogens is 268 g/mol. The maximum Gasteiger partial charge on any atom is 0.270 e. The molecule has 0 aromatic heterocycles. The molecule has 0 bridgehead atoms. The predicted octanol–water partition coefficient (Wildman–Crippen LogP) is 2.95. The average molecular weight is 281 g/mol. The zero-order valence-corrected chi connectivity index (χ0v) is 11.1. The Bertz CT molecular complexity index is 553. The quantitative estimate of drug-likeness (QED) is 0.390. The monoisotopic (exact) mass is 280 g/mol. The van der Waals surface area contributed by atoms with Crippen LogP contribution in [0.4, 0.5) is 5.69 Å². The minimum absolute atomic E-state index is 0.0741. The SMILES string of the molecule is C=CCNC(=O)/C(C)=C/c1cc([N+](=O)[O-])ccc1Cl. The van der Waals surface area contributed by atoms with E-state index in [9.17, 15) is 14.9 Å². The average Bonchev–Trinajstić information content (AvgIpc) is 2.38. The Labute approximate surface area is 115 Å². The highest BCUT2D eigenvalue weighted by Gasteiger charge is 2.10. The molecule has 0 aliphatic rings. The fourth-order valence-corrected chi connectivity index (χ4v) is 1.53. The van der Waals surface area contributed by atoms with Crippen LogP contribution in [0, 0.1) is 10.1 Å². The van der Waals surface area contributed by atoms with Gasteiger partial charge in [-0.15, -0.1) is 6.58 Å². The van der Waals surface area contributed by atoms with Crippen LogP contribution in [0.2, 0.25) is 5.02 Å². The molecule has 100 valence electrons. The molecule has 0 aliphatic heterocycles. The third kappa shape index (κ3) is 4.22. The summed E-state index contributed by atoms with van der Waals surface area (Å²) in [6, 6.07) is 4.07. The molecule has 1 N–H and O–H groups in total. The van der Waals surface area contributed by atoms with Gasteiger partial charge in [-0.3, -0.25) is 14.9 Å². The smallest absolute Gasteiger partial charge is 0.270 e. The maximum atomic E-state index is 11.6. The van der Waals surface area contributed by atoms with Crippen molar-refractivity contribution in [3.8, 4) is 0 Å². The minimum Gasteiger partial charge on any atom is -0.349 e. The van der Waals surface area contributed by atoms with Crippen LogP contribution in [0.1, 0.15) is 12.5 Å². The molecule has 0 radical (unpaired) electrons. The molecule has 0 saturated carbocycles. The third-order valence-electron chi connectivity index (χ3n) is 2.33. The predicted molar refractivity (Wildman–Crippen MR) is 75.0 cm³/mol. The first-order valence-corrected chi connectivity index (χ1v) is 5.85. The summed E-state index contributed by atoms with van der Waals surface area (Å²) in [5.41, 5.74) is 0.765. The normalized spacial score (nSPS) is 10.9. The number of carbonyl (C=O) groups is 1. The van der Waals surface area contributed by atoms with Gasteiger partial charge < -0.3 is 5.32 Å². The topological polar surface area (TPSA) is 72.2 Å². The van der Waals surface area contributed by atoms with Gasteiger partial charge in [0.1, 0.15) is 0 Å². The summed E-state index contributed by atoms with van der Waals surface area (Å²) in [5.74, 6) is -0.275. The number of hydrogen-bond donors (Lipinski definition) is 1. The second-order valence-electron chi connectivity index (χ2n) is 3.79. The van der Waals surface area contributed by atoms with Crippen LogP contribution in [-0.2, 0) is 4.79 Å². The Morgan fingerprint density at radius 2 is 2.26 bits per heavy atom. The van der Waals surface area contributed by atoms with Gasteiger partial charge in [-0.2, -0.15) is 0 Å². The number of halogens is 1. The lowest BCUT2D eigenvalue weighted by molar-refractivity contribution is -0.384. The lowest BCUT2D eigenvalue weighted by Crippen LogP contribution is -2.23. The van der Waals surface area contributed by atoms with Crippen LogP contribution >= 0.6 is 11.6 Å². The van der Waals surface area contributed by atoms with Crippen LogP contribution in [0.5, 0.6) is 0 Å². The molecule has 1 aromatic carbocycles. The molecule has 19 heavy (non-hydrogen) atoms. The van der Waals surface area contributed by atoms with E-state index in [-0.39, 0.29) is 11.6 Å². The molecule has 0 fully saturated rings. The number of nitrogens with zero attached hydrogens (tertiary/aromatic N) is 1. The van der Waals surface area contributed by atoms with Gasteiger partial charge in [0.2, 0.25) is 5.91 Å². The second-order valence-corrected chi connectivity index (χ2v) is 4.20. The highest BCUT2D eigenvalue weighted by molar-refractivity contribution is 6.32. The fraction of sp³-hybridized carbons (Fsp3) is 0.154. The van der Waals surface area contributed by atoms with Crippen molar-refractivity contribution in [3.05, 3.63) is 57.1 Å². The summed E-state index contributed by atoms with van der Waals surface area (Å²) < 4.78 is 0. The Morgan fingerprint density at radius 3 is 2.84 bits per heavy atom. The largest absolute Gasteiger partial charge is 0.349 e. The van der Waals surface area contributed by atoms with Gasteiger partial charge >= 0.3 is 0 Å². The Balaban J connectivity index is 3.02. The summed E-state index contributed by atoms with van der Waals surface area (Å²) >= 11 is 5.94.